The summed E-state index contributed by atoms with van der Waals surface area (Å²) in [6.07, 6.45) is 3.11. The van der Waals surface area contributed by atoms with Gasteiger partial charge < -0.3 is 5.32 Å². The van der Waals surface area contributed by atoms with Crippen LogP contribution in [0.4, 0.5) is 5.69 Å². The molecule has 0 aliphatic rings. The van der Waals surface area contributed by atoms with Crippen molar-refractivity contribution >= 4 is 39.0 Å². The van der Waals surface area contributed by atoms with Gasteiger partial charge in [-0.3, -0.25) is 4.79 Å². The van der Waals surface area contributed by atoms with E-state index in [-0.39, 0.29) is 5.78 Å². The second-order valence-electron chi connectivity index (χ2n) is 3.83. The molecule has 2 aromatic rings. The molecule has 0 unspecified atom stereocenters. The lowest BCUT2D eigenvalue weighted by molar-refractivity contribution is 0.104. The van der Waals surface area contributed by atoms with Crippen molar-refractivity contribution in [3.05, 3.63) is 75.9 Å². The standard InChI is InChI=1S/C15H11BrClNO/c16-13-3-1-2-4-14(13)18-10-9-15(19)11-5-7-12(17)8-6-11/h1-10,18H. The largest absolute Gasteiger partial charge is 0.361 e. The average Bonchev–Trinajstić information content (AvgIpc) is 2.41. The number of anilines is 1. The summed E-state index contributed by atoms with van der Waals surface area (Å²) in [5.41, 5.74) is 1.51. The molecule has 0 fully saturated rings. The van der Waals surface area contributed by atoms with Crippen LogP contribution < -0.4 is 5.32 Å². The highest BCUT2D eigenvalue weighted by Gasteiger charge is 2.01. The molecule has 0 atom stereocenters. The first-order valence-electron chi connectivity index (χ1n) is 5.64. The van der Waals surface area contributed by atoms with E-state index < -0.39 is 0 Å². The van der Waals surface area contributed by atoms with Gasteiger partial charge in [-0.25, -0.2) is 0 Å². The normalized spacial score (nSPS) is 10.6. The third-order valence-electron chi connectivity index (χ3n) is 2.48. The number of carbonyl (C=O) groups excluding carboxylic acids is 1. The number of nitrogens with one attached hydrogen (secondary N) is 1. The third-order valence-corrected chi connectivity index (χ3v) is 3.42. The summed E-state index contributed by atoms with van der Waals surface area (Å²) in [5, 5.41) is 3.67. The van der Waals surface area contributed by atoms with E-state index in [4.69, 9.17) is 11.6 Å². The lowest BCUT2D eigenvalue weighted by Crippen LogP contribution is -1.96. The molecule has 0 amide bonds. The van der Waals surface area contributed by atoms with E-state index in [1.165, 1.54) is 6.08 Å². The summed E-state index contributed by atoms with van der Waals surface area (Å²) < 4.78 is 0.943. The van der Waals surface area contributed by atoms with Crippen LogP contribution >= 0.6 is 27.5 Å². The lowest BCUT2D eigenvalue weighted by atomic mass is 10.1. The van der Waals surface area contributed by atoms with Gasteiger partial charge in [-0.05, 0) is 52.3 Å². The molecule has 1 N–H and O–H groups in total. The fourth-order valence-corrected chi connectivity index (χ4v) is 2.02. The van der Waals surface area contributed by atoms with Gasteiger partial charge in [0, 0.05) is 27.3 Å². The number of para-hydroxylation sites is 1. The summed E-state index contributed by atoms with van der Waals surface area (Å²) >= 11 is 9.19. The van der Waals surface area contributed by atoms with Crippen molar-refractivity contribution in [1.29, 1.82) is 0 Å². The highest BCUT2D eigenvalue weighted by Crippen LogP contribution is 2.21. The Morgan fingerprint density at radius 1 is 1.11 bits per heavy atom. The van der Waals surface area contributed by atoms with E-state index in [0.717, 1.165) is 10.2 Å². The quantitative estimate of drug-likeness (QED) is 0.635. The van der Waals surface area contributed by atoms with Crippen LogP contribution in [0.5, 0.6) is 0 Å². The minimum atomic E-state index is -0.0729. The van der Waals surface area contributed by atoms with Crippen LogP contribution in [0.3, 0.4) is 0 Å². The Labute approximate surface area is 125 Å². The summed E-state index contributed by atoms with van der Waals surface area (Å²) in [7, 11) is 0. The average molecular weight is 337 g/mol. The van der Waals surface area contributed by atoms with Crippen LogP contribution in [0.2, 0.25) is 5.02 Å². The van der Waals surface area contributed by atoms with E-state index >= 15 is 0 Å². The third kappa shape index (κ3) is 3.94. The molecule has 4 heteroatoms. The number of allylic oxidation sites excluding steroid dienone is 1. The maximum atomic E-state index is 11.8. The Morgan fingerprint density at radius 3 is 2.47 bits per heavy atom. The molecule has 2 rings (SSSR count). The molecular weight excluding hydrogens is 326 g/mol. The smallest absolute Gasteiger partial charge is 0.187 e. The predicted octanol–water partition coefficient (Wildman–Crippen LogP) is 4.91. The van der Waals surface area contributed by atoms with Crippen LogP contribution in [0, 0.1) is 0 Å². The van der Waals surface area contributed by atoms with Gasteiger partial charge in [-0.15, -0.1) is 0 Å². The number of hydrogen-bond acceptors (Lipinski definition) is 2. The number of halogens is 2. The van der Waals surface area contributed by atoms with Crippen LogP contribution in [0.25, 0.3) is 0 Å². The summed E-state index contributed by atoms with van der Waals surface area (Å²) in [4.78, 5) is 11.8. The molecule has 0 aliphatic heterocycles. The van der Waals surface area contributed by atoms with E-state index in [1.807, 2.05) is 24.3 Å². The Morgan fingerprint density at radius 2 is 1.79 bits per heavy atom. The fourth-order valence-electron chi connectivity index (χ4n) is 1.50. The van der Waals surface area contributed by atoms with Crippen molar-refractivity contribution in [2.75, 3.05) is 5.32 Å². The van der Waals surface area contributed by atoms with Crippen molar-refractivity contribution in [2.45, 2.75) is 0 Å². The van der Waals surface area contributed by atoms with Crippen LogP contribution in [-0.4, -0.2) is 5.78 Å². The maximum Gasteiger partial charge on any atom is 0.187 e. The number of carbonyl (C=O) groups is 1. The number of benzene rings is 2. The second kappa shape index (κ2) is 6.55. The SMILES string of the molecule is O=C(C=CNc1ccccc1Br)c1ccc(Cl)cc1. The van der Waals surface area contributed by atoms with Crippen molar-refractivity contribution in [3.8, 4) is 0 Å². The topological polar surface area (TPSA) is 29.1 Å². The minimum absolute atomic E-state index is 0.0729. The van der Waals surface area contributed by atoms with Crippen molar-refractivity contribution < 1.29 is 4.79 Å². The monoisotopic (exact) mass is 335 g/mol. The molecule has 0 radical (unpaired) electrons. The Balaban J connectivity index is 2.01. The van der Waals surface area contributed by atoms with Gasteiger partial charge in [-0.1, -0.05) is 23.7 Å². The molecule has 0 spiro atoms. The second-order valence-corrected chi connectivity index (χ2v) is 5.12. The molecule has 0 aliphatic carbocycles. The summed E-state index contributed by atoms with van der Waals surface area (Å²) in [6.45, 7) is 0. The highest BCUT2D eigenvalue weighted by molar-refractivity contribution is 9.10. The zero-order chi connectivity index (χ0) is 13.7. The van der Waals surface area contributed by atoms with E-state index in [0.29, 0.717) is 10.6 Å². The molecule has 19 heavy (non-hydrogen) atoms. The van der Waals surface area contributed by atoms with E-state index in [9.17, 15) is 4.79 Å². The maximum absolute atomic E-state index is 11.8. The molecule has 2 nitrogen and oxygen atoms in total. The van der Waals surface area contributed by atoms with Crippen LogP contribution in [0.15, 0.2) is 65.3 Å². The Kier molecular flexibility index (Phi) is 4.77. The number of hydrogen-bond donors (Lipinski definition) is 1. The van der Waals surface area contributed by atoms with Gasteiger partial charge in [0.15, 0.2) is 5.78 Å². The number of ketones is 1. The molecular formula is C15H11BrClNO. The molecule has 0 bridgehead atoms. The van der Waals surface area contributed by atoms with Gasteiger partial charge >= 0.3 is 0 Å². The Bertz CT molecular complexity index is 608. The van der Waals surface area contributed by atoms with Crippen molar-refractivity contribution in [3.63, 3.8) is 0 Å². The minimum Gasteiger partial charge on any atom is -0.361 e. The van der Waals surface area contributed by atoms with Gasteiger partial charge in [-0.2, -0.15) is 0 Å². The van der Waals surface area contributed by atoms with Gasteiger partial charge in [0.05, 0.1) is 5.69 Å². The number of rotatable bonds is 4. The fraction of sp³-hybridized carbons (Fsp3) is 0. The van der Waals surface area contributed by atoms with Gasteiger partial charge in [0.25, 0.3) is 0 Å². The zero-order valence-corrected chi connectivity index (χ0v) is 12.3. The first kappa shape index (κ1) is 13.8. The lowest BCUT2D eigenvalue weighted by Gasteiger charge is -2.02. The first-order chi connectivity index (χ1) is 9.16. The van der Waals surface area contributed by atoms with E-state index in [1.54, 1.807) is 30.5 Å². The molecule has 96 valence electrons. The van der Waals surface area contributed by atoms with Crippen molar-refractivity contribution in [1.82, 2.24) is 0 Å². The Hall–Kier alpha value is -1.58. The van der Waals surface area contributed by atoms with Gasteiger partial charge in [0.1, 0.15) is 0 Å². The molecule has 0 aromatic heterocycles. The van der Waals surface area contributed by atoms with Crippen molar-refractivity contribution in [2.24, 2.45) is 0 Å². The molecule has 0 saturated heterocycles. The first-order valence-corrected chi connectivity index (χ1v) is 6.81. The summed E-state index contributed by atoms with van der Waals surface area (Å²) in [6, 6.07) is 14.5. The van der Waals surface area contributed by atoms with Crippen LogP contribution in [-0.2, 0) is 0 Å². The molecule has 0 heterocycles. The highest BCUT2D eigenvalue weighted by atomic mass is 79.9. The summed E-state index contributed by atoms with van der Waals surface area (Å²) in [5.74, 6) is -0.0729. The molecule has 2 aromatic carbocycles. The predicted molar refractivity (Wildman–Crippen MR) is 82.7 cm³/mol. The van der Waals surface area contributed by atoms with Crippen LogP contribution in [0.1, 0.15) is 10.4 Å². The van der Waals surface area contributed by atoms with Gasteiger partial charge in [0.2, 0.25) is 0 Å². The molecule has 0 saturated carbocycles. The van der Waals surface area contributed by atoms with E-state index in [2.05, 4.69) is 21.2 Å². The zero-order valence-electron chi connectivity index (χ0n) is 9.94.